The summed E-state index contributed by atoms with van der Waals surface area (Å²) in [4.78, 5) is 59.8. The number of carbonyl (C=O) groups excluding carboxylic acids is 2. The number of nitrogens with two attached hydrogens (primary N) is 1. The van der Waals surface area contributed by atoms with E-state index in [2.05, 4.69) is 20.7 Å². The first-order valence-corrected chi connectivity index (χ1v) is 12.6. The highest BCUT2D eigenvalue weighted by atomic mass is 32.2. The van der Waals surface area contributed by atoms with Crippen LogP contribution in [-0.4, -0.2) is 82.2 Å². The standard InChI is InChI=1S/C20H22N8O7S2/c1-20(2,18(33)34)35-24-11(10-8-37-19(21)22-10)14(29)23-12-15(30)28-13(17(31)32)9(7-36-16(12)28)6-27-5-4-26(3)25-27/h4-5,8,12,16H,6-7H2,1-3H3,(H4-,21,22,23,29,31,32,33,34)/p+1/b24-11-/t12-,16-/m1/s1. The molecule has 1 fully saturated rings. The minimum atomic E-state index is -1.75. The second kappa shape index (κ2) is 9.81. The van der Waals surface area contributed by atoms with E-state index in [9.17, 15) is 29.4 Å². The molecule has 17 heteroatoms. The number of aliphatic carboxylic acids is 2. The summed E-state index contributed by atoms with van der Waals surface area (Å²) in [6, 6.07) is -1.05. The first-order valence-electron chi connectivity index (χ1n) is 10.7. The first kappa shape index (κ1) is 26.1. The number of fused-ring (bicyclic) bond motifs is 1. The lowest BCUT2D eigenvalue weighted by atomic mass is 10.0. The van der Waals surface area contributed by atoms with Crippen molar-refractivity contribution in [1.29, 1.82) is 0 Å². The summed E-state index contributed by atoms with van der Waals surface area (Å²) in [6.45, 7) is 2.68. The maximum absolute atomic E-state index is 13.1. The first-order chi connectivity index (χ1) is 17.4. The smallest absolute Gasteiger partial charge is 0.352 e. The minimum Gasteiger partial charge on any atom is -0.478 e. The molecule has 4 rings (SSSR count). The Kier molecular flexibility index (Phi) is 6.92. The average Bonchev–Trinajstić information content (AvgIpc) is 3.44. The lowest BCUT2D eigenvalue weighted by molar-refractivity contribution is -0.732. The highest BCUT2D eigenvalue weighted by Crippen LogP contribution is 2.40. The zero-order valence-corrected chi connectivity index (χ0v) is 21.4. The van der Waals surface area contributed by atoms with E-state index in [-0.39, 0.29) is 28.8 Å². The SMILES string of the molecule is C[n+]1ccn(CC2=C(C(=O)O)N3C(=O)[C@@H](NC(=O)/C(=N\OC(C)(C)C(=O)O)c4csc(N)n4)[C@H]3SC2)n1. The summed E-state index contributed by atoms with van der Waals surface area (Å²) in [6.07, 6.45) is 3.39. The van der Waals surface area contributed by atoms with Crippen molar-refractivity contribution in [2.45, 2.75) is 37.4 Å². The number of hydrogen-bond donors (Lipinski definition) is 4. The normalized spacial score (nSPS) is 19.8. The molecule has 0 saturated carbocycles. The molecule has 2 aromatic rings. The van der Waals surface area contributed by atoms with Crippen molar-refractivity contribution in [1.82, 2.24) is 25.1 Å². The van der Waals surface area contributed by atoms with Gasteiger partial charge in [0, 0.05) is 16.7 Å². The molecule has 0 aromatic carbocycles. The predicted molar refractivity (Wildman–Crippen MR) is 129 cm³/mol. The molecule has 0 spiro atoms. The van der Waals surface area contributed by atoms with Gasteiger partial charge in [0.25, 0.3) is 11.8 Å². The summed E-state index contributed by atoms with van der Waals surface area (Å²) >= 11 is 2.32. The number of oxime groups is 1. The second-order valence-corrected chi connectivity index (χ2v) is 10.6. The van der Waals surface area contributed by atoms with Gasteiger partial charge in [-0.05, 0) is 13.8 Å². The Bertz CT molecular complexity index is 1350. The molecule has 0 radical (unpaired) electrons. The van der Waals surface area contributed by atoms with E-state index in [1.165, 1.54) is 31.0 Å². The number of β-lactam (4-membered cyclic amide) rings is 1. The van der Waals surface area contributed by atoms with Crippen molar-refractivity contribution in [2.24, 2.45) is 12.2 Å². The van der Waals surface area contributed by atoms with Gasteiger partial charge in [-0.1, -0.05) is 5.16 Å². The summed E-state index contributed by atoms with van der Waals surface area (Å²) in [5, 5.41) is 30.5. The average molecular weight is 552 g/mol. The zero-order chi connectivity index (χ0) is 27.1. The van der Waals surface area contributed by atoms with Crippen LogP contribution in [0.3, 0.4) is 0 Å². The van der Waals surface area contributed by atoms with Gasteiger partial charge in [0.1, 0.15) is 36.4 Å². The Hall–Kier alpha value is -3.99. The number of carboxylic acids is 2. The lowest BCUT2D eigenvalue weighted by Crippen LogP contribution is -2.71. The molecule has 0 aliphatic carbocycles. The van der Waals surface area contributed by atoms with Crippen LogP contribution >= 0.6 is 23.1 Å². The molecule has 2 atom stereocenters. The van der Waals surface area contributed by atoms with Crippen LogP contribution in [0.5, 0.6) is 0 Å². The third-order valence-electron chi connectivity index (χ3n) is 5.46. The summed E-state index contributed by atoms with van der Waals surface area (Å²) in [5.74, 6) is -3.76. The topological polar surface area (TPSA) is 206 Å². The van der Waals surface area contributed by atoms with Crippen molar-refractivity contribution >= 4 is 57.7 Å². The number of rotatable bonds is 9. The van der Waals surface area contributed by atoms with Crippen molar-refractivity contribution in [3.63, 3.8) is 0 Å². The van der Waals surface area contributed by atoms with Crippen LogP contribution in [0, 0.1) is 0 Å². The molecule has 5 N–H and O–H groups in total. The quantitative estimate of drug-likeness (QED) is 0.126. The maximum atomic E-state index is 13.1. The summed E-state index contributed by atoms with van der Waals surface area (Å²) in [5.41, 5.74) is 3.91. The summed E-state index contributed by atoms with van der Waals surface area (Å²) < 4.78 is 3.13. The molecule has 37 heavy (non-hydrogen) atoms. The Labute approximate surface area is 217 Å². The molecule has 0 unspecified atom stereocenters. The molecule has 2 aliphatic rings. The highest BCUT2D eigenvalue weighted by molar-refractivity contribution is 8.00. The molecular weight excluding hydrogens is 528 g/mol. The Morgan fingerprint density at radius 1 is 1.38 bits per heavy atom. The van der Waals surface area contributed by atoms with Gasteiger partial charge in [-0.2, -0.15) is 0 Å². The van der Waals surface area contributed by atoms with Crippen molar-refractivity contribution in [2.75, 3.05) is 11.5 Å². The monoisotopic (exact) mass is 551 g/mol. The van der Waals surface area contributed by atoms with Gasteiger partial charge in [-0.15, -0.1) is 32.5 Å². The molecule has 2 aromatic heterocycles. The number of thioether (sulfide) groups is 1. The maximum Gasteiger partial charge on any atom is 0.352 e. The molecule has 0 bridgehead atoms. The van der Waals surface area contributed by atoms with Gasteiger partial charge in [-0.3, -0.25) is 14.5 Å². The van der Waals surface area contributed by atoms with Crippen LogP contribution in [0.1, 0.15) is 19.5 Å². The summed E-state index contributed by atoms with van der Waals surface area (Å²) in [7, 11) is 1.73. The fourth-order valence-corrected chi connectivity index (χ4v) is 5.39. The number of nitrogens with zero attached hydrogens (tertiary/aromatic N) is 6. The second-order valence-electron chi connectivity index (χ2n) is 8.59. The Morgan fingerprint density at radius 2 is 2.11 bits per heavy atom. The number of nitrogens with one attached hydrogen (secondary N) is 1. The van der Waals surface area contributed by atoms with Crippen LogP contribution in [0.25, 0.3) is 0 Å². The fraction of sp³-hybridized carbons (Fsp3) is 0.400. The van der Waals surface area contributed by atoms with Crippen LogP contribution in [0.2, 0.25) is 0 Å². The van der Waals surface area contributed by atoms with Gasteiger partial charge in [-0.25, -0.2) is 14.6 Å². The molecule has 196 valence electrons. The fourth-order valence-electron chi connectivity index (χ4n) is 3.51. The molecule has 2 aliphatic heterocycles. The number of hydrogen-bond acceptors (Lipinski definition) is 11. The van der Waals surface area contributed by atoms with E-state index in [4.69, 9.17) is 10.6 Å². The van der Waals surface area contributed by atoms with E-state index in [0.717, 1.165) is 16.2 Å². The minimum absolute atomic E-state index is 0.0295. The van der Waals surface area contributed by atoms with Gasteiger partial charge in [0.15, 0.2) is 23.2 Å². The number of thiazole rings is 1. The number of aromatic nitrogens is 4. The molecular formula is C20H23N8O7S2+. The van der Waals surface area contributed by atoms with Gasteiger partial charge >= 0.3 is 11.9 Å². The lowest BCUT2D eigenvalue weighted by Gasteiger charge is -2.49. The van der Waals surface area contributed by atoms with Crippen molar-refractivity contribution in [3.05, 3.63) is 34.7 Å². The van der Waals surface area contributed by atoms with Crippen molar-refractivity contribution in [3.8, 4) is 0 Å². The van der Waals surface area contributed by atoms with Gasteiger partial charge in [0.2, 0.25) is 5.60 Å². The molecule has 1 saturated heterocycles. The highest BCUT2D eigenvalue weighted by Gasteiger charge is 2.54. The molecule has 15 nitrogen and oxygen atoms in total. The number of aryl methyl sites for hydroxylation is 1. The number of carboxylic acid groups (broad SMARTS) is 2. The number of anilines is 1. The van der Waals surface area contributed by atoms with E-state index in [0.29, 0.717) is 11.3 Å². The van der Waals surface area contributed by atoms with Gasteiger partial charge < -0.3 is 26.1 Å². The third kappa shape index (κ3) is 5.12. The third-order valence-corrected chi connectivity index (χ3v) is 7.47. The van der Waals surface area contributed by atoms with Crippen LogP contribution in [0.15, 0.2) is 34.2 Å². The van der Waals surface area contributed by atoms with Gasteiger partial charge in [0.05, 0.1) is 5.21 Å². The Balaban J connectivity index is 1.55. The number of nitrogen functional groups attached to an aromatic ring is 1. The van der Waals surface area contributed by atoms with Crippen molar-refractivity contribution < 1.29 is 38.9 Å². The number of carbonyl (C=O) groups is 4. The predicted octanol–water partition coefficient (Wildman–Crippen LogP) is -1.23. The van der Waals surface area contributed by atoms with Crippen LogP contribution < -0.4 is 15.7 Å². The molecule has 4 heterocycles. The number of amides is 2. The molecule has 2 amide bonds. The van der Waals surface area contributed by atoms with E-state index >= 15 is 0 Å². The van der Waals surface area contributed by atoms with Crippen LogP contribution in [0.4, 0.5) is 5.13 Å². The zero-order valence-electron chi connectivity index (χ0n) is 19.8. The Morgan fingerprint density at radius 3 is 2.68 bits per heavy atom. The van der Waals surface area contributed by atoms with E-state index in [1.54, 1.807) is 28.8 Å². The van der Waals surface area contributed by atoms with Crippen LogP contribution in [-0.2, 0) is 37.6 Å². The van der Waals surface area contributed by atoms with E-state index in [1.807, 2.05) is 0 Å². The largest absolute Gasteiger partial charge is 0.478 e. The van der Waals surface area contributed by atoms with E-state index < -0.39 is 40.8 Å².